The third-order valence-electron chi connectivity index (χ3n) is 4.33. The molecule has 1 aromatic heterocycles. The third-order valence-corrected chi connectivity index (χ3v) is 5.39. The highest BCUT2D eigenvalue weighted by molar-refractivity contribution is 7.21. The van der Waals surface area contributed by atoms with Crippen LogP contribution < -0.4 is 4.74 Å². The van der Waals surface area contributed by atoms with Crippen molar-refractivity contribution in [2.24, 2.45) is 0 Å². The van der Waals surface area contributed by atoms with Gasteiger partial charge in [0.25, 0.3) is 5.69 Å². The van der Waals surface area contributed by atoms with Gasteiger partial charge in [-0.2, -0.15) is 0 Å². The van der Waals surface area contributed by atoms with Crippen LogP contribution in [0.5, 0.6) is 5.75 Å². The molecule has 0 bridgehead atoms. The Bertz CT molecular complexity index is 1160. The molecule has 4 aromatic rings. The van der Waals surface area contributed by atoms with Crippen molar-refractivity contribution in [2.75, 3.05) is 7.11 Å². The summed E-state index contributed by atoms with van der Waals surface area (Å²) < 4.78 is 6.37. The molecular weight excluding hydrogens is 372 g/mol. The number of nitro groups is 1. The maximum Gasteiger partial charge on any atom is 0.269 e. The van der Waals surface area contributed by atoms with Gasteiger partial charge in [0.15, 0.2) is 0 Å². The number of thiazole rings is 1. The Morgan fingerprint density at radius 1 is 0.964 bits per heavy atom. The minimum Gasteiger partial charge on any atom is -0.497 e. The Kier molecular flexibility index (Phi) is 4.87. The van der Waals surface area contributed by atoms with Crippen molar-refractivity contribution in [1.82, 2.24) is 4.98 Å². The van der Waals surface area contributed by atoms with Crippen LogP contribution in [-0.4, -0.2) is 17.0 Å². The molecule has 0 spiro atoms. The van der Waals surface area contributed by atoms with Crippen LogP contribution in [0.2, 0.25) is 0 Å². The van der Waals surface area contributed by atoms with Crippen LogP contribution in [0.1, 0.15) is 11.1 Å². The number of nitro benzene ring substituents is 1. The zero-order valence-electron chi connectivity index (χ0n) is 15.0. The van der Waals surface area contributed by atoms with Crippen LogP contribution in [-0.2, 0) is 0 Å². The van der Waals surface area contributed by atoms with Gasteiger partial charge in [0.1, 0.15) is 10.8 Å². The fourth-order valence-corrected chi connectivity index (χ4v) is 3.79. The van der Waals surface area contributed by atoms with Crippen LogP contribution in [0, 0.1) is 10.1 Å². The molecule has 0 saturated carbocycles. The molecule has 3 aromatic carbocycles. The number of rotatable bonds is 5. The Morgan fingerprint density at radius 2 is 1.61 bits per heavy atom. The molecule has 28 heavy (non-hydrogen) atoms. The molecule has 4 rings (SSSR count). The lowest BCUT2D eigenvalue weighted by Gasteiger charge is -1.98. The fraction of sp³-hybridized carbons (Fsp3) is 0.0455. The van der Waals surface area contributed by atoms with E-state index in [1.54, 1.807) is 30.6 Å². The zero-order chi connectivity index (χ0) is 19.5. The van der Waals surface area contributed by atoms with Gasteiger partial charge in [-0.05, 0) is 41.5 Å². The van der Waals surface area contributed by atoms with E-state index in [4.69, 9.17) is 9.72 Å². The van der Waals surface area contributed by atoms with Crippen molar-refractivity contribution in [3.05, 3.63) is 88.0 Å². The number of hydrogen-bond acceptors (Lipinski definition) is 5. The molecule has 0 aliphatic carbocycles. The van der Waals surface area contributed by atoms with Gasteiger partial charge < -0.3 is 4.74 Å². The minimum atomic E-state index is -0.398. The van der Waals surface area contributed by atoms with Crippen LogP contribution in [0.3, 0.4) is 0 Å². The highest BCUT2D eigenvalue weighted by atomic mass is 32.1. The number of nitrogens with zero attached hydrogens (tertiary/aromatic N) is 2. The van der Waals surface area contributed by atoms with Crippen molar-refractivity contribution >= 4 is 39.4 Å². The van der Waals surface area contributed by atoms with E-state index in [2.05, 4.69) is 0 Å². The second-order valence-corrected chi connectivity index (χ2v) is 7.19. The third kappa shape index (κ3) is 3.77. The molecule has 6 heteroatoms. The zero-order valence-corrected chi connectivity index (χ0v) is 15.8. The molecule has 0 atom stereocenters. The average Bonchev–Trinajstić information content (AvgIpc) is 3.16. The van der Waals surface area contributed by atoms with E-state index in [1.165, 1.54) is 12.1 Å². The molecule has 1 heterocycles. The number of fused-ring (bicyclic) bond motifs is 1. The van der Waals surface area contributed by atoms with Crippen LogP contribution in [0.25, 0.3) is 32.9 Å². The maximum absolute atomic E-state index is 10.7. The quantitative estimate of drug-likeness (QED) is 0.237. The van der Waals surface area contributed by atoms with Crippen molar-refractivity contribution in [3.8, 4) is 16.3 Å². The topological polar surface area (TPSA) is 65.3 Å². The average molecular weight is 388 g/mol. The van der Waals surface area contributed by atoms with Crippen LogP contribution >= 0.6 is 11.3 Å². The molecular formula is C22H16N2O3S. The van der Waals surface area contributed by atoms with Gasteiger partial charge in [-0.3, -0.25) is 10.1 Å². The summed E-state index contributed by atoms with van der Waals surface area (Å²) in [5.74, 6) is 0.828. The number of methoxy groups -OCH3 is 1. The first-order chi connectivity index (χ1) is 13.6. The van der Waals surface area contributed by atoms with Crippen molar-refractivity contribution in [2.45, 2.75) is 0 Å². The molecule has 0 aliphatic rings. The summed E-state index contributed by atoms with van der Waals surface area (Å²) in [5.41, 5.74) is 4.07. The normalized spacial score (nSPS) is 11.2. The lowest BCUT2D eigenvalue weighted by Crippen LogP contribution is -1.86. The predicted octanol–water partition coefficient (Wildman–Crippen LogP) is 6.05. The molecule has 0 amide bonds. The monoisotopic (exact) mass is 388 g/mol. The van der Waals surface area contributed by atoms with E-state index in [9.17, 15) is 10.1 Å². The van der Waals surface area contributed by atoms with Gasteiger partial charge in [0.2, 0.25) is 0 Å². The highest BCUT2D eigenvalue weighted by Gasteiger charge is 2.07. The summed E-state index contributed by atoms with van der Waals surface area (Å²) in [6, 6.07) is 20.5. The highest BCUT2D eigenvalue weighted by Crippen LogP contribution is 2.32. The van der Waals surface area contributed by atoms with E-state index >= 15 is 0 Å². The Labute approximate surface area is 165 Å². The summed E-state index contributed by atoms with van der Waals surface area (Å²) in [7, 11) is 1.66. The summed E-state index contributed by atoms with van der Waals surface area (Å²) in [5, 5.41) is 11.7. The molecule has 0 unspecified atom stereocenters. The van der Waals surface area contributed by atoms with Gasteiger partial charge in [-0.15, -0.1) is 11.3 Å². The van der Waals surface area contributed by atoms with E-state index in [0.29, 0.717) is 0 Å². The van der Waals surface area contributed by atoms with E-state index in [-0.39, 0.29) is 5.69 Å². The van der Waals surface area contributed by atoms with Gasteiger partial charge in [0, 0.05) is 17.7 Å². The smallest absolute Gasteiger partial charge is 0.269 e. The summed E-state index contributed by atoms with van der Waals surface area (Å²) in [6.07, 6.45) is 3.91. The second-order valence-electron chi connectivity index (χ2n) is 6.16. The van der Waals surface area contributed by atoms with Crippen molar-refractivity contribution in [1.29, 1.82) is 0 Å². The van der Waals surface area contributed by atoms with Crippen LogP contribution in [0.15, 0.2) is 66.7 Å². The van der Waals surface area contributed by atoms with Gasteiger partial charge in [-0.25, -0.2) is 4.98 Å². The Morgan fingerprint density at radius 3 is 2.21 bits per heavy atom. The van der Waals surface area contributed by atoms with Crippen molar-refractivity contribution < 1.29 is 9.66 Å². The second kappa shape index (κ2) is 7.62. The van der Waals surface area contributed by atoms with E-state index < -0.39 is 4.92 Å². The number of benzene rings is 3. The maximum atomic E-state index is 10.7. The van der Waals surface area contributed by atoms with Crippen LogP contribution in [0.4, 0.5) is 5.69 Å². The Balaban J connectivity index is 1.52. The first kappa shape index (κ1) is 17.9. The van der Waals surface area contributed by atoms with Gasteiger partial charge in [-0.1, -0.05) is 36.4 Å². The summed E-state index contributed by atoms with van der Waals surface area (Å²) in [6.45, 7) is 0. The SMILES string of the molecule is COc1ccc2nc(-c3ccc(C=Cc4ccc([N+](=O)[O-])cc4)cc3)sc2c1. The summed E-state index contributed by atoms with van der Waals surface area (Å²) >= 11 is 1.64. The molecule has 0 aliphatic heterocycles. The molecule has 0 N–H and O–H groups in total. The largest absolute Gasteiger partial charge is 0.497 e. The molecule has 0 radical (unpaired) electrons. The predicted molar refractivity (Wildman–Crippen MR) is 114 cm³/mol. The van der Waals surface area contributed by atoms with Crippen molar-refractivity contribution in [3.63, 3.8) is 0 Å². The first-order valence-electron chi connectivity index (χ1n) is 8.60. The standard InChI is InChI=1S/C22H16N2O3S/c1-27-19-12-13-20-21(14-19)28-22(23-20)17-8-4-15(5-9-17)2-3-16-6-10-18(11-7-16)24(25)26/h2-14H,1H3. The lowest BCUT2D eigenvalue weighted by atomic mass is 10.1. The molecule has 0 saturated heterocycles. The minimum absolute atomic E-state index is 0.0926. The lowest BCUT2D eigenvalue weighted by molar-refractivity contribution is -0.384. The number of non-ortho nitro benzene ring substituents is 1. The number of aromatic nitrogens is 1. The van der Waals surface area contributed by atoms with E-state index in [1.807, 2.05) is 54.6 Å². The van der Waals surface area contributed by atoms with Gasteiger partial charge in [0.05, 0.1) is 22.2 Å². The Hall–Kier alpha value is -3.51. The summed E-state index contributed by atoms with van der Waals surface area (Å²) in [4.78, 5) is 15.0. The van der Waals surface area contributed by atoms with Gasteiger partial charge >= 0.3 is 0 Å². The van der Waals surface area contributed by atoms with E-state index in [0.717, 1.165) is 37.7 Å². The number of ether oxygens (including phenoxy) is 1. The molecule has 0 fully saturated rings. The molecule has 5 nitrogen and oxygen atoms in total. The fourth-order valence-electron chi connectivity index (χ4n) is 2.79. The molecule has 138 valence electrons. The first-order valence-corrected chi connectivity index (χ1v) is 9.41. The number of hydrogen-bond donors (Lipinski definition) is 0.